The lowest BCUT2D eigenvalue weighted by Gasteiger charge is -2.21. The highest BCUT2D eigenvalue weighted by Crippen LogP contribution is 2.27. The van der Waals surface area contributed by atoms with Crippen molar-refractivity contribution in [3.63, 3.8) is 0 Å². The summed E-state index contributed by atoms with van der Waals surface area (Å²) < 4.78 is 0. The summed E-state index contributed by atoms with van der Waals surface area (Å²) in [5.41, 5.74) is 0. The van der Waals surface area contributed by atoms with Crippen LogP contribution in [-0.4, -0.2) is 45.3 Å². The molecule has 0 atom stereocenters. The number of phenols is 1. The Bertz CT molecular complexity index is 655. The van der Waals surface area contributed by atoms with Gasteiger partial charge < -0.3 is 20.2 Å². The van der Waals surface area contributed by atoms with Crippen molar-refractivity contribution in [1.82, 2.24) is 4.98 Å². The van der Waals surface area contributed by atoms with Crippen LogP contribution in [0.2, 0.25) is 0 Å². The first-order valence-electron chi connectivity index (χ1n) is 5.73. The SMILES string of the molecule is O=C(O)CN(CC(=O)O)c1nccc2ccc(O)cc12. The Morgan fingerprint density at radius 1 is 1.10 bits per heavy atom. The van der Waals surface area contributed by atoms with E-state index in [1.165, 1.54) is 18.3 Å². The predicted octanol–water partition coefficient (Wildman–Crippen LogP) is 0.916. The van der Waals surface area contributed by atoms with E-state index in [1.807, 2.05) is 0 Å². The third-order valence-electron chi connectivity index (χ3n) is 2.68. The van der Waals surface area contributed by atoms with Gasteiger partial charge in [-0.2, -0.15) is 0 Å². The van der Waals surface area contributed by atoms with E-state index < -0.39 is 25.0 Å². The number of rotatable bonds is 5. The van der Waals surface area contributed by atoms with Crippen LogP contribution in [0.4, 0.5) is 5.82 Å². The Balaban J connectivity index is 2.54. The lowest BCUT2D eigenvalue weighted by Crippen LogP contribution is -2.35. The van der Waals surface area contributed by atoms with Gasteiger partial charge in [-0.25, -0.2) is 4.98 Å². The first-order valence-corrected chi connectivity index (χ1v) is 5.73. The number of aromatic nitrogens is 1. The topological polar surface area (TPSA) is 111 Å². The fraction of sp³-hybridized carbons (Fsp3) is 0.154. The molecule has 0 fully saturated rings. The number of aromatic hydroxyl groups is 1. The summed E-state index contributed by atoms with van der Waals surface area (Å²) in [5.74, 6) is -2.11. The van der Waals surface area contributed by atoms with E-state index in [0.717, 1.165) is 10.3 Å². The molecular formula is C13H12N2O5. The highest BCUT2D eigenvalue weighted by molar-refractivity contribution is 5.95. The Morgan fingerprint density at radius 2 is 1.75 bits per heavy atom. The maximum atomic E-state index is 10.9. The maximum absolute atomic E-state index is 10.9. The number of phenolic OH excluding ortho intramolecular Hbond substituents is 1. The van der Waals surface area contributed by atoms with Gasteiger partial charge in [0.1, 0.15) is 24.7 Å². The molecule has 0 aliphatic rings. The van der Waals surface area contributed by atoms with Crippen LogP contribution in [0.5, 0.6) is 5.75 Å². The number of aliphatic carboxylic acids is 2. The lowest BCUT2D eigenvalue weighted by atomic mass is 10.1. The van der Waals surface area contributed by atoms with Crippen LogP contribution in [0.1, 0.15) is 0 Å². The quantitative estimate of drug-likeness (QED) is 0.744. The first kappa shape index (κ1) is 13.6. The van der Waals surface area contributed by atoms with E-state index >= 15 is 0 Å². The molecule has 7 nitrogen and oxygen atoms in total. The molecule has 0 saturated heterocycles. The van der Waals surface area contributed by atoms with Crippen LogP contribution < -0.4 is 4.90 Å². The van der Waals surface area contributed by atoms with Crippen LogP contribution in [0.3, 0.4) is 0 Å². The average Bonchev–Trinajstić information content (AvgIpc) is 2.36. The van der Waals surface area contributed by atoms with E-state index in [1.54, 1.807) is 12.1 Å². The summed E-state index contributed by atoms with van der Waals surface area (Å²) in [6.45, 7) is -0.984. The van der Waals surface area contributed by atoms with E-state index in [2.05, 4.69) is 4.98 Å². The van der Waals surface area contributed by atoms with Gasteiger partial charge in [0.05, 0.1) is 0 Å². The van der Waals surface area contributed by atoms with E-state index in [0.29, 0.717) is 5.39 Å². The molecule has 1 aromatic heterocycles. The smallest absolute Gasteiger partial charge is 0.323 e. The minimum Gasteiger partial charge on any atom is -0.508 e. The molecule has 7 heteroatoms. The number of nitrogens with zero attached hydrogens (tertiary/aromatic N) is 2. The molecule has 3 N–H and O–H groups in total. The average molecular weight is 276 g/mol. The number of benzene rings is 1. The molecular weight excluding hydrogens is 264 g/mol. The van der Waals surface area contributed by atoms with Crippen molar-refractivity contribution in [1.29, 1.82) is 0 Å². The van der Waals surface area contributed by atoms with E-state index in [4.69, 9.17) is 10.2 Å². The van der Waals surface area contributed by atoms with Crippen molar-refractivity contribution in [3.8, 4) is 5.75 Å². The summed E-state index contributed by atoms with van der Waals surface area (Å²) in [7, 11) is 0. The van der Waals surface area contributed by atoms with Gasteiger partial charge in [-0.3, -0.25) is 9.59 Å². The van der Waals surface area contributed by atoms with Crippen molar-refractivity contribution in [2.45, 2.75) is 0 Å². The van der Waals surface area contributed by atoms with Gasteiger partial charge in [-0.1, -0.05) is 6.07 Å². The number of pyridine rings is 1. The fourth-order valence-corrected chi connectivity index (χ4v) is 1.93. The van der Waals surface area contributed by atoms with Crippen molar-refractivity contribution in [3.05, 3.63) is 30.5 Å². The zero-order valence-electron chi connectivity index (χ0n) is 10.4. The van der Waals surface area contributed by atoms with Gasteiger partial charge in [0, 0.05) is 11.6 Å². The zero-order valence-corrected chi connectivity index (χ0v) is 10.4. The molecule has 0 radical (unpaired) electrons. The van der Waals surface area contributed by atoms with Gasteiger partial charge in [-0.15, -0.1) is 0 Å². The number of carboxylic acids is 2. The minimum atomic E-state index is -1.16. The van der Waals surface area contributed by atoms with Crippen LogP contribution >= 0.6 is 0 Å². The number of anilines is 1. The van der Waals surface area contributed by atoms with Crippen LogP contribution in [0.25, 0.3) is 10.8 Å². The summed E-state index contributed by atoms with van der Waals surface area (Å²) >= 11 is 0. The largest absolute Gasteiger partial charge is 0.508 e. The Hall–Kier alpha value is -2.83. The van der Waals surface area contributed by atoms with Crippen LogP contribution in [0, 0.1) is 0 Å². The summed E-state index contributed by atoms with van der Waals surface area (Å²) in [4.78, 5) is 26.9. The zero-order chi connectivity index (χ0) is 14.7. The second-order valence-corrected chi connectivity index (χ2v) is 4.18. The van der Waals surface area contributed by atoms with E-state index in [9.17, 15) is 14.7 Å². The van der Waals surface area contributed by atoms with Gasteiger partial charge in [0.25, 0.3) is 0 Å². The number of hydrogen-bond acceptors (Lipinski definition) is 5. The first-order chi connectivity index (χ1) is 9.47. The summed E-state index contributed by atoms with van der Waals surface area (Å²) in [6, 6.07) is 6.26. The minimum absolute atomic E-state index is 0.00245. The van der Waals surface area contributed by atoms with Crippen molar-refractivity contribution < 1.29 is 24.9 Å². The van der Waals surface area contributed by atoms with E-state index in [-0.39, 0.29) is 11.6 Å². The molecule has 0 aliphatic heterocycles. The predicted molar refractivity (Wildman–Crippen MR) is 70.9 cm³/mol. The molecule has 2 aromatic rings. The standard InChI is InChI=1S/C13H12N2O5/c16-9-2-1-8-3-4-14-13(10(8)5-9)15(6-11(17)18)7-12(19)20/h1-5,16H,6-7H2,(H,17,18)(H,19,20). The van der Waals surface area contributed by atoms with Crippen molar-refractivity contribution >= 4 is 28.5 Å². The fourth-order valence-electron chi connectivity index (χ4n) is 1.93. The molecule has 0 spiro atoms. The molecule has 0 aliphatic carbocycles. The third-order valence-corrected chi connectivity index (χ3v) is 2.68. The van der Waals surface area contributed by atoms with Gasteiger partial charge >= 0.3 is 11.9 Å². The molecule has 0 unspecified atom stereocenters. The second-order valence-electron chi connectivity index (χ2n) is 4.18. The Labute approximate surface area is 113 Å². The second kappa shape index (κ2) is 5.43. The number of carboxylic acid groups (broad SMARTS) is 2. The van der Waals surface area contributed by atoms with Crippen LogP contribution in [0.15, 0.2) is 30.5 Å². The molecule has 1 heterocycles. The number of hydrogen-bond donors (Lipinski definition) is 3. The lowest BCUT2D eigenvalue weighted by molar-refractivity contribution is -0.136. The highest BCUT2D eigenvalue weighted by Gasteiger charge is 2.18. The maximum Gasteiger partial charge on any atom is 0.323 e. The van der Waals surface area contributed by atoms with Crippen molar-refractivity contribution in [2.75, 3.05) is 18.0 Å². The third kappa shape index (κ3) is 2.94. The molecule has 2 rings (SSSR count). The van der Waals surface area contributed by atoms with Gasteiger partial charge in [-0.05, 0) is 23.6 Å². The molecule has 1 aromatic carbocycles. The number of fused-ring (bicyclic) bond motifs is 1. The number of carbonyl (C=O) groups is 2. The Morgan fingerprint density at radius 3 is 2.35 bits per heavy atom. The highest BCUT2D eigenvalue weighted by atomic mass is 16.4. The Kier molecular flexibility index (Phi) is 3.69. The summed E-state index contributed by atoms with van der Waals surface area (Å²) in [5, 5.41) is 28.5. The van der Waals surface area contributed by atoms with Crippen molar-refractivity contribution in [2.24, 2.45) is 0 Å². The van der Waals surface area contributed by atoms with Crippen LogP contribution in [-0.2, 0) is 9.59 Å². The van der Waals surface area contributed by atoms with Gasteiger partial charge in [0.15, 0.2) is 0 Å². The normalized spacial score (nSPS) is 10.4. The molecule has 0 bridgehead atoms. The summed E-state index contributed by atoms with van der Waals surface area (Å²) in [6.07, 6.45) is 1.46. The monoisotopic (exact) mass is 276 g/mol. The molecule has 0 amide bonds. The molecule has 104 valence electrons. The molecule has 20 heavy (non-hydrogen) atoms. The molecule has 0 saturated carbocycles. The van der Waals surface area contributed by atoms with Gasteiger partial charge in [0.2, 0.25) is 0 Å².